The molecule has 0 aliphatic heterocycles. The highest BCUT2D eigenvalue weighted by Crippen LogP contribution is 2.26. The van der Waals surface area contributed by atoms with Crippen LogP contribution in [0.5, 0.6) is 5.75 Å². The molecule has 2 rings (SSSR count). The van der Waals surface area contributed by atoms with E-state index in [1.807, 2.05) is 11.5 Å². The number of nitriles is 1. The van der Waals surface area contributed by atoms with Crippen molar-refractivity contribution < 1.29 is 13.9 Å². The number of benzene rings is 1. The van der Waals surface area contributed by atoms with Crippen LogP contribution in [0.4, 0.5) is 4.39 Å². The van der Waals surface area contributed by atoms with Gasteiger partial charge in [0.05, 0.1) is 24.0 Å². The first kappa shape index (κ1) is 18.2. The zero-order valence-corrected chi connectivity index (χ0v) is 14.6. The first-order chi connectivity index (χ1) is 11.6. The summed E-state index contributed by atoms with van der Waals surface area (Å²) < 4.78 is 26.3. The lowest BCUT2D eigenvalue weighted by Gasteiger charge is -2.17. The summed E-state index contributed by atoms with van der Waals surface area (Å²) in [6.07, 6.45) is 0. The number of methoxy groups -OCH3 is 1. The highest BCUT2D eigenvalue weighted by Gasteiger charge is 2.20. The Balaban J connectivity index is 2.22. The van der Waals surface area contributed by atoms with E-state index in [1.165, 1.54) is 17.8 Å². The third-order valence-corrected chi connectivity index (χ3v) is 4.19. The van der Waals surface area contributed by atoms with Crippen LogP contribution in [0.15, 0.2) is 29.4 Å². The third-order valence-electron chi connectivity index (χ3n) is 3.24. The van der Waals surface area contributed by atoms with Crippen LogP contribution in [0.25, 0.3) is 0 Å². The minimum Gasteiger partial charge on any atom is -0.483 e. The first-order valence-electron chi connectivity index (χ1n) is 7.43. The Morgan fingerprint density at radius 1 is 1.33 bits per heavy atom. The molecule has 0 bridgehead atoms. The minimum absolute atomic E-state index is 0.0439. The third kappa shape index (κ3) is 4.46. The van der Waals surface area contributed by atoms with Crippen molar-refractivity contribution in [2.45, 2.75) is 36.9 Å². The van der Waals surface area contributed by atoms with Crippen LogP contribution >= 0.6 is 11.8 Å². The van der Waals surface area contributed by atoms with Gasteiger partial charge in [-0.3, -0.25) is 4.57 Å². The zero-order chi connectivity index (χ0) is 17.5. The summed E-state index contributed by atoms with van der Waals surface area (Å²) >= 11 is 1.31. The number of ether oxygens (including phenoxy) is 2. The quantitative estimate of drug-likeness (QED) is 0.681. The molecule has 6 nitrogen and oxygen atoms in total. The van der Waals surface area contributed by atoms with Gasteiger partial charge in [-0.2, -0.15) is 5.26 Å². The van der Waals surface area contributed by atoms with E-state index in [4.69, 9.17) is 14.7 Å². The van der Waals surface area contributed by atoms with Gasteiger partial charge in [-0.15, -0.1) is 10.2 Å². The number of hydrogen-bond acceptors (Lipinski definition) is 6. The van der Waals surface area contributed by atoms with E-state index in [1.54, 1.807) is 32.2 Å². The van der Waals surface area contributed by atoms with Crippen molar-refractivity contribution in [2.24, 2.45) is 0 Å². The van der Waals surface area contributed by atoms with Crippen molar-refractivity contribution in [1.29, 1.82) is 5.26 Å². The van der Waals surface area contributed by atoms with E-state index in [-0.39, 0.29) is 23.6 Å². The molecular formula is C16H19FN4O2S. The fraction of sp³-hybridized carbons (Fsp3) is 0.438. The summed E-state index contributed by atoms with van der Waals surface area (Å²) in [7, 11) is 1.61. The number of nitrogens with zero attached hydrogens (tertiary/aromatic N) is 4. The van der Waals surface area contributed by atoms with Gasteiger partial charge in [-0.05, 0) is 26.0 Å². The van der Waals surface area contributed by atoms with Gasteiger partial charge >= 0.3 is 0 Å². The summed E-state index contributed by atoms with van der Waals surface area (Å²) in [6.45, 7) is 4.28. The number of rotatable bonds is 8. The molecule has 2 atom stereocenters. The first-order valence-corrected chi connectivity index (χ1v) is 8.31. The molecule has 0 saturated carbocycles. The molecule has 1 heterocycles. The Morgan fingerprint density at radius 2 is 2.08 bits per heavy atom. The van der Waals surface area contributed by atoms with Gasteiger partial charge in [-0.1, -0.05) is 23.9 Å². The molecule has 0 spiro atoms. The monoisotopic (exact) mass is 350 g/mol. The standard InChI is InChI=1S/C16H19FN4O2S/c1-11(9-22-3)21-15(19-20-16(21)24-12(2)8-18)10-23-14-7-5-4-6-13(14)17/h4-7,11-12H,9-10H2,1-3H3/t11-,12+/m0/s1. The number of hydrogen-bond donors (Lipinski definition) is 0. The van der Waals surface area contributed by atoms with Crippen molar-refractivity contribution in [1.82, 2.24) is 14.8 Å². The summed E-state index contributed by atoms with van der Waals surface area (Å²) in [5, 5.41) is 17.6. The summed E-state index contributed by atoms with van der Waals surface area (Å²) in [5.41, 5.74) is 0. The Kier molecular flexibility index (Phi) is 6.58. The fourth-order valence-corrected chi connectivity index (χ4v) is 2.99. The summed E-state index contributed by atoms with van der Waals surface area (Å²) in [6, 6.07) is 8.31. The second kappa shape index (κ2) is 8.66. The van der Waals surface area contributed by atoms with Gasteiger partial charge in [0.15, 0.2) is 22.5 Å². The minimum atomic E-state index is -0.429. The van der Waals surface area contributed by atoms with E-state index in [2.05, 4.69) is 16.3 Å². The van der Waals surface area contributed by atoms with E-state index in [0.717, 1.165) is 0 Å². The summed E-state index contributed by atoms with van der Waals surface area (Å²) in [4.78, 5) is 0. The van der Waals surface area contributed by atoms with Crippen LogP contribution in [-0.4, -0.2) is 33.7 Å². The molecule has 2 aromatic rings. The van der Waals surface area contributed by atoms with Gasteiger partial charge in [0.2, 0.25) is 0 Å². The van der Waals surface area contributed by atoms with E-state index in [0.29, 0.717) is 17.6 Å². The van der Waals surface area contributed by atoms with Crippen LogP contribution in [0.2, 0.25) is 0 Å². The molecule has 1 aromatic heterocycles. The SMILES string of the molecule is COC[C@H](C)n1c(COc2ccccc2F)nnc1S[C@H](C)C#N. The fourth-order valence-electron chi connectivity index (χ4n) is 2.13. The van der Waals surface area contributed by atoms with E-state index in [9.17, 15) is 4.39 Å². The topological polar surface area (TPSA) is 73.0 Å². The maximum Gasteiger partial charge on any atom is 0.192 e. The van der Waals surface area contributed by atoms with E-state index >= 15 is 0 Å². The lowest BCUT2D eigenvalue weighted by Crippen LogP contribution is -2.17. The molecule has 0 radical (unpaired) electrons. The molecule has 8 heteroatoms. The van der Waals surface area contributed by atoms with Crippen LogP contribution in [0.3, 0.4) is 0 Å². The molecular weight excluding hydrogens is 331 g/mol. The highest BCUT2D eigenvalue weighted by molar-refractivity contribution is 8.00. The Bertz CT molecular complexity index is 716. The number of aromatic nitrogens is 3. The second-order valence-electron chi connectivity index (χ2n) is 5.18. The predicted octanol–water partition coefficient (Wildman–Crippen LogP) is 3.21. The van der Waals surface area contributed by atoms with Crippen molar-refractivity contribution in [3.8, 4) is 11.8 Å². The average Bonchev–Trinajstić information content (AvgIpc) is 2.96. The van der Waals surface area contributed by atoms with Gasteiger partial charge in [-0.25, -0.2) is 4.39 Å². The van der Waals surface area contributed by atoms with Crippen molar-refractivity contribution in [2.75, 3.05) is 13.7 Å². The zero-order valence-electron chi connectivity index (χ0n) is 13.8. The normalized spacial score (nSPS) is 13.3. The van der Waals surface area contributed by atoms with Crippen molar-refractivity contribution >= 4 is 11.8 Å². The maximum absolute atomic E-state index is 13.7. The van der Waals surface area contributed by atoms with Crippen molar-refractivity contribution in [3.05, 3.63) is 35.9 Å². The van der Waals surface area contributed by atoms with Crippen LogP contribution in [-0.2, 0) is 11.3 Å². The lowest BCUT2D eigenvalue weighted by molar-refractivity contribution is 0.154. The highest BCUT2D eigenvalue weighted by atomic mass is 32.2. The molecule has 0 amide bonds. The summed E-state index contributed by atoms with van der Waals surface area (Å²) in [5.74, 6) is 0.280. The molecule has 0 saturated heterocycles. The molecule has 0 fully saturated rings. The van der Waals surface area contributed by atoms with Gasteiger partial charge in [0.25, 0.3) is 0 Å². The van der Waals surface area contributed by atoms with Crippen molar-refractivity contribution in [3.63, 3.8) is 0 Å². The predicted molar refractivity (Wildman–Crippen MR) is 88.3 cm³/mol. The molecule has 128 valence electrons. The molecule has 0 aliphatic rings. The molecule has 0 aliphatic carbocycles. The van der Waals surface area contributed by atoms with Gasteiger partial charge < -0.3 is 9.47 Å². The van der Waals surface area contributed by atoms with Crippen LogP contribution < -0.4 is 4.74 Å². The number of thioether (sulfide) groups is 1. The Morgan fingerprint density at radius 3 is 2.75 bits per heavy atom. The average molecular weight is 350 g/mol. The van der Waals surface area contributed by atoms with Crippen LogP contribution in [0.1, 0.15) is 25.7 Å². The molecule has 0 unspecified atom stereocenters. The van der Waals surface area contributed by atoms with Crippen LogP contribution in [0, 0.1) is 17.1 Å². The largest absolute Gasteiger partial charge is 0.483 e. The Labute approximate surface area is 144 Å². The van der Waals surface area contributed by atoms with Gasteiger partial charge in [0.1, 0.15) is 6.61 Å². The Hall–Kier alpha value is -2.11. The number of para-hydroxylation sites is 1. The number of halogens is 1. The van der Waals surface area contributed by atoms with E-state index < -0.39 is 5.82 Å². The van der Waals surface area contributed by atoms with Gasteiger partial charge in [0, 0.05) is 7.11 Å². The lowest BCUT2D eigenvalue weighted by atomic mass is 10.3. The molecule has 0 N–H and O–H groups in total. The molecule has 1 aromatic carbocycles. The molecule has 24 heavy (non-hydrogen) atoms. The second-order valence-corrected chi connectivity index (χ2v) is 6.49. The maximum atomic E-state index is 13.7. The smallest absolute Gasteiger partial charge is 0.192 e.